The van der Waals surface area contributed by atoms with Gasteiger partial charge >= 0.3 is 11.9 Å². The zero-order chi connectivity index (χ0) is 93.4. The van der Waals surface area contributed by atoms with E-state index < -0.39 is 106 Å². The predicted molar refractivity (Wildman–Crippen MR) is 481 cm³/mol. The average Bonchev–Trinajstić information content (AvgIpc) is 1.08. The molecule has 720 valence electrons. The van der Waals surface area contributed by atoms with Gasteiger partial charge in [-0.3, -0.25) is 28.8 Å². The van der Waals surface area contributed by atoms with E-state index in [0.717, 1.165) is 22.3 Å². The second-order valence-electron chi connectivity index (χ2n) is 34.5. The summed E-state index contributed by atoms with van der Waals surface area (Å²) in [7, 11) is 0.748. The molecular weight excluding hydrogens is 1690 g/mol. The molecule has 3 amide bonds. The number of esters is 2. The highest BCUT2D eigenvalue weighted by Gasteiger charge is 2.53. The summed E-state index contributed by atoms with van der Waals surface area (Å²) in [6.07, 6.45) is 12.0. The van der Waals surface area contributed by atoms with E-state index in [1.165, 1.54) is 30.2 Å². The number of nitrogens with zero attached hydrogens (tertiary/aromatic N) is 3. The van der Waals surface area contributed by atoms with Crippen LogP contribution in [0.4, 0.5) is 5.82 Å². The van der Waals surface area contributed by atoms with Crippen molar-refractivity contribution in [3.8, 4) is 16.9 Å². The van der Waals surface area contributed by atoms with Gasteiger partial charge in [0.1, 0.15) is 48.6 Å². The fourth-order valence-electron chi connectivity index (χ4n) is 16.8. The largest absolute Gasteiger partial charge is 0.491 e. The first kappa shape index (κ1) is 107. The highest BCUT2D eigenvalue weighted by molar-refractivity contribution is 7.91. The Morgan fingerprint density at radius 1 is 0.682 bits per heavy atom. The first-order valence-corrected chi connectivity index (χ1v) is 47.4. The average molecular weight is 1830 g/mol. The van der Waals surface area contributed by atoms with Gasteiger partial charge in [-0.1, -0.05) is 77.1 Å². The lowest BCUT2D eigenvalue weighted by molar-refractivity contribution is -0.265. The van der Waals surface area contributed by atoms with Crippen molar-refractivity contribution >= 4 is 56.9 Å². The molecule has 1 aliphatic carbocycles. The number of aliphatic hydroxyl groups excluding tert-OH is 2. The number of amides is 3. The Morgan fingerprint density at radius 2 is 1.33 bits per heavy atom. The molecule has 2 aromatic carbocycles. The molecule has 5 heterocycles. The number of anilines is 1. The van der Waals surface area contributed by atoms with Crippen LogP contribution in [0.5, 0.6) is 5.75 Å². The Kier molecular flexibility index (Phi) is 45.9. The van der Waals surface area contributed by atoms with Crippen LogP contribution in [0.1, 0.15) is 166 Å². The van der Waals surface area contributed by atoms with Gasteiger partial charge in [-0.25, -0.2) is 18.2 Å². The number of aliphatic hydroxyl groups is 3. The predicted octanol–water partition coefficient (Wildman–Crippen LogP) is 9.40. The van der Waals surface area contributed by atoms with Gasteiger partial charge < -0.3 is 107 Å². The van der Waals surface area contributed by atoms with Gasteiger partial charge in [0.2, 0.25) is 11.7 Å². The number of carbonyl (C=O) groups excluding carboxylic acids is 7. The number of sulfone groups is 1. The van der Waals surface area contributed by atoms with Crippen molar-refractivity contribution in [3.63, 3.8) is 0 Å². The number of aromatic nitrogens is 1. The number of carbonyl (C=O) groups is 7. The number of aryl methyl sites for hydroxylation is 1. The lowest BCUT2D eigenvalue weighted by atomic mass is 9.78. The van der Waals surface area contributed by atoms with E-state index in [0.29, 0.717) is 205 Å². The highest BCUT2D eigenvalue weighted by atomic mass is 32.2. The third-order valence-electron chi connectivity index (χ3n) is 24.6. The van der Waals surface area contributed by atoms with E-state index in [1.807, 2.05) is 82.3 Å². The first-order valence-electron chi connectivity index (χ1n) is 45.8. The minimum absolute atomic E-state index is 0.00908. The minimum Gasteiger partial charge on any atom is -0.491 e. The van der Waals surface area contributed by atoms with Crippen molar-refractivity contribution in [1.29, 1.82) is 0 Å². The van der Waals surface area contributed by atoms with Crippen LogP contribution in [0.3, 0.4) is 0 Å². The molecule has 1 aromatic heterocycles. The zero-order valence-electron chi connectivity index (χ0n) is 77.5. The van der Waals surface area contributed by atoms with E-state index in [-0.39, 0.29) is 110 Å². The van der Waals surface area contributed by atoms with Crippen LogP contribution in [0.2, 0.25) is 0 Å². The van der Waals surface area contributed by atoms with Crippen LogP contribution in [-0.2, 0) is 111 Å². The van der Waals surface area contributed by atoms with Crippen molar-refractivity contribution in [2.75, 3.05) is 165 Å². The van der Waals surface area contributed by atoms with Gasteiger partial charge in [-0.15, -0.1) is 0 Å². The number of piperidine rings is 1. The molecular formula is C96H143N5O27S. The summed E-state index contributed by atoms with van der Waals surface area (Å²) in [6, 6.07) is 12.6. The number of pyridine rings is 1. The smallest absolute Gasteiger partial charge is 0.329 e. The molecule has 0 spiro atoms. The molecule has 3 fully saturated rings. The summed E-state index contributed by atoms with van der Waals surface area (Å²) in [5, 5.41) is 38.5. The number of benzene rings is 2. The molecule has 1 saturated carbocycles. The van der Waals surface area contributed by atoms with E-state index in [1.54, 1.807) is 65.2 Å². The third-order valence-corrected chi connectivity index (χ3v) is 26.3. The molecule has 2 bridgehead atoms. The van der Waals surface area contributed by atoms with Crippen LogP contribution in [0.15, 0.2) is 107 Å². The summed E-state index contributed by atoms with van der Waals surface area (Å²) in [6.45, 7) is 20.8. The fraction of sp³-hybridized carbons (Fsp3) is 0.667. The number of nitrogen functional groups attached to an aromatic ring is 1. The maximum absolute atomic E-state index is 14.8. The van der Waals surface area contributed by atoms with Gasteiger partial charge in [0, 0.05) is 114 Å². The lowest BCUT2D eigenvalue weighted by Crippen LogP contribution is -2.61. The molecule has 6 N–H and O–H groups in total. The van der Waals surface area contributed by atoms with Gasteiger partial charge in [0.25, 0.3) is 17.6 Å². The summed E-state index contributed by atoms with van der Waals surface area (Å²) in [5.74, 6) is -8.10. The lowest BCUT2D eigenvalue weighted by Gasteiger charge is -2.43. The molecule has 33 heteroatoms. The Bertz CT molecular complexity index is 4240. The van der Waals surface area contributed by atoms with Crippen molar-refractivity contribution in [3.05, 3.63) is 119 Å². The van der Waals surface area contributed by atoms with Crippen molar-refractivity contribution in [2.45, 2.75) is 224 Å². The Balaban J connectivity index is 0.643. The molecule has 4 aliphatic heterocycles. The van der Waals surface area contributed by atoms with E-state index >= 15 is 0 Å². The standard InChI is InChI=1S/C96H143N5O27S/c1-64-18-13-12-14-19-65(2)83(114-9)60-76-26-22-71(8)96(111,128-76)92(107)94(109)101-34-16-15-20-79(101)95(110)127-84(61-80(102)67(4)55-70(7)90(106)91(116-11)89(105)69(6)54-64)68(5)56-72-23-29-82(85(58-72)115-10)126-88(104)21-17-36-117-39-41-119-43-45-121-47-49-123-51-52-124-50-48-122-46-44-120-42-40-118-37-32-87(103)98-33-53-129(112,113)77-27-28-78(66(3)57-77)93(108)100-35-38-125-81-30-24-73(59-75(81)63-100)74-25-31-86(97)99-62-74/h12-14,18-19,24-25,27-28,30-31,55,57,59,62,64,67-69,71-72,76,79-80,82-85,90-91,102,106,111H,15-17,20-23,26,29,32-54,56,58,60-61,63H2,1-11H3,(H2,97,99)(H,98,103)/b14-12+,18-13+,65-19+,70-55+/t64-,67-,68-,69-,71-,72+,76+,79+,80-,82-,83+,84+,85-,90-,91+,96-/m1/s1. The summed E-state index contributed by atoms with van der Waals surface area (Å²) in [5.41, 5.74) is 10.5. The topological polar surface area (TPSA) is 410 Å². The molecule has 2 saturated heterocycles. The van der Waals surface area contributed by atoms with Gasteiger partial charge in [-0.05, 0) is 174 Å². The number of allylic oxidation sites excluding steroid dienone is 5. The van der Waals surface area contributed by atoms with E-state index in [9.17, 15) is 57.3 Å². The van der Waals surface area contributed by atoms with Crippen LogP contribution in [0.25, 0.3) is 11.1 Å². The van der Waals surface area contributed by atoms with Crippen LogP contribution in [0, 0.1) is 42.4 Å². The molecule has 8 rings (SSSR count). The maximum Gasteiger partial charge on any atom is 0.329 e. The second-order valence-corrected chi connectivity index (χ2v) is 36.6. The molecule has 3 aromatic rings. The number of nitrogens with one attached hydrogen (secondary N) is 1. The van der Waals surface area contributed by atoms with Gasteiger partial charge in [0.05, 0.1) is 141 Å². The van der Waals surface area contributed by atoms with Crippen LogP contribution in [-0.4, -0.2) is 299 Å². The van der Waals surface area contributed by atoms with Crippen LogP contribution >= 0.6 is 0 Å². The number of nitrogens with two attached hydrogens (primary N) is 1. The van der Waals surface area contributed by atoms with Gasteiger partial charge in [-0.2, -0.15) is 0 Å². The quantitative estimate of drug-likeness (QED) is 0.0153. The molecule has 129 heavy (non-hydrogen) atoms. The number of rotatable bonds is 41. The Hall–Kier alpha value is -7.81. The number of Topliss-reactive ketones (excluding diaryl/α,β-unsaturated/α-hetero) is 2. The Morgan fingerprint density at radius 3 is 1.96 bits per heavy atom. The SMILES string of the molecule is CO[C@H]1C[C@@H]2CC[C@@H](C)[C@@](O)(O2)C(=O)C(=O)N2CCCC[C@H]2C(=O)O[C@H]([C@H](C)C[C@@H]2CC[C@@H](OC(=O)CCCOCCOCCOCCOCCOCCOCCOCCOCCC(=O)NCCS(=O)(=O)c3ccc(C(=O)N4CCOc5ccc(-c6ccc(N)nc6)cc5C4)c(C)c3)[C@H](OC)C2)C[C@@H](O)[C@H](C)/C=C(\C)[C@@H](O)[C@@H](OC)C(=O)[C@H](C)C[C@H](C)/C=C/C=C/C=C/1C. The van der Waals surface area contributed by atoms with Gasteiger partial charge in [0.15, 0.2) is 15.6 Å². The number of ether oxygens (including phenoxy) is 15. The monoisotopic (exact) mass is 1830 g/mol. The number of cyclic esters (lactones) is 1. The summed E-state index contributed by atoms with van der Waals surface area (Å²) >= 11 is 0. The van der Waals surface area contributed by atoms with Crippen molar-refractivity contribution < 1.29 is 128 Å². The number of ketones is 2. The third kappa shape index (κ3) is 34.3. The minimum atomic E-state index is -3.78. The first-order chi connectivity index (χ1) is 61.9. The second kappa shape index (κ2) is 55.6. The van der Waals surface area contributed by atoms with Crippen LogP contribution < -0.4 is 15.8 Å². The number of methoxy groups -OCH3 is 3. The molecule has 32 nitrogen and oxygen atoms in total. The molecule has 5 aliphatic rings. The maximum atomic E-state index is 14.8. The Labute approximate surface area is 761 Å². The fourth-order valence-corrected chi connectivity index (χ4v) is 18.1. The normalized spacial score (nSPS) is 27.3. The van der Waals surface area contributed by atoms with Crippen molar-refractivity contribution in [1.82, 2.24) is 20.1 Å². The highest BCUT2D eigenvalue weighted by Crippen LogP contribution is 2.40. The zero-order valence-corrected chi connectivity index (χ0v) is 78.3. The van der Waals surface area contributed by atoms with E-state index in [4.69, 9.17) is 76.8 Å². The molecule has 16 atom stereocenters. The summed E-state index contributed by atoms with van der Waals surface area (Å²) < 4.78 is 113. The number of hydrogen-bond acceptors (Lipinski definition) is 29. The summed E-state index contributed by atoms with van der Waals surface area (Å²) in [4.78, 5) is 104. The number of fused-ring (bicyclic) bond motifs is 4. The van der Waals surface area contributed by atoms with Crippen molar-refractivity contribution in [2.24, 2.45) is 35.5 Å². The van der Waals surface area contributed by atoms with E-state index in [2.05, 4.69) is 10.3 Å². The number of hydrogen-bond donors (Lipinski definition) is 5. The molecule has 0 radical (unpaired) electrons. The molecule has 0 unspecified atom stereocenters.